The van der Waals surface area contributed by atoms with Gasteiger partial charge in [-0.15, -0.1) is 0 Å². The zero-order valence-corrected chi connectivity index (χ0v) is 22.3. The van der Waals surface area contributed by atoms with Crippen LogP contribution in [0.5, 0.6) is 0 Å². The lowest BCUT2D eigenvalue weighted by atomic mass is 9.79. The molecule has 0 radical (unpaired) electrons. The Labute approximate surface area is 216 Å². The SMILES string of the molecule is CC(C)n1c(=O)c2cnc(Nc3ccc4c(c3)CNCC4(C)C)nc2n1-c1ccnc(C(C)(C)CF)c1. The predicted octanol–water partition coefficient (Wildman–Crippen LogP) is 4.93. The highest BCUT2D eigenvalue weighted by Crippen LogP contribution is 2.32. The molecular formula is C28H34FN7O. The molecule has 0 fully saturated rings. The molecule has 0 amide bonds. The van der Waals surface area contributed by atoms with Crippen LogP contribution in [0.1, 0.15) is 64.4 Å². The Hall–Kier alpha value is -3.59. The molecule has 0 atom stereocenters. The number of aromatic nitrogens is 5. The maximum absolute atomic E-state index is 13.7. The summed E-state index contributed by atoms with van der Waals surface area (Å²) in [5.74, 6) is 0.392. The minimum Gasteiger partial charge on any atom is -0.324 e. The Bertz CT molecular complexity index is 1530. The standard InChI is InChI=1S/C28H34FN7O/c1-17(2)35-25(37)21-14-32-26(33-19-7-8-22-18(11-19)13-30-16-28(22,5)6)34-24(21)36(35)20-9-10-31-23(12-20)27(3,4)15-29/h7-12,14,17,30H,13,15-16H2,1-6H3,(H,32,33,34). The van der Waals surface area contributed by atoms with Gasteiger partial charge in [0.15, 0.2) is 5.65 Å². The van der Waals surface area contributed by atoms with Crippen LogP contribution >= 0.6 is 0 Å². The van der Waals surface area contributed by atoms with Gasteiger partial charge in [0.25, 0.3) is 5.56 Å². The largest absolute Gasteiger partial charge is 0.324 e. The first-order valence-corrected chi connectivity index (χ1v) is 12.7. The van der Waals surface area contributed by atoms with Gasteiger partial charge in [0.05, 0.1) is 11.4 Å². The fourth-order valence-electron chi connectivity index (χ4n) is 4.98. The number of hydrogen-bond acceptors (Lipinski definition) is 6. The third kappa shape index (κ3) is 4.41. The molecule has 0 spiro atoms. The van der Waals surface area contributed by atoms with E-state index in [-0.39, 0.29) is 17.0 Å². The van der Waals surface area contributed by atoms with Crippen molar-refractivity contribution in [2.24, 2.45) is 0 Å². The van der Waals surface area contributed by atoms with Crippen LogP contribution in [0, 0.1) is 0 Å². The molecule has 9 heteroatoms. The summed E-state index contributed by atoms with van der Waals surface area (Å²) in [5.41, 5.74) is 4.37. The van der Waals surface area contributed by atoms with Gasteiger partial charge in [0, 0.05) is 48.0 Å². The number of alkyl halides is 1. The lowest BCUT2D eigenvalue weighted by molar-refractivity contribution is 0.344. The molecule has 1 aliphatic heterocycles. The van der Waals surface area contributed by atoms with E-state index in [1.807, 2.05) is 45.9 Å². The Balaban J connectivity index is 1.61. The van der Waals surface area contributed by atoms with Crippen molar-refractivity contribution in [2.45, 2.75) is 65.0 Å². The van der Waals surface area contributed by atoms with Gasteiger partial charge in [0.2, 0.25) is 5.95 Å². The summed E-state index contributed by atoms with van der Waals surface area (Å²) >= 11 is 0. The number of anilines is 2. The fraction of sp³-hybridized carbons (Fsp3) is 0.429. The Morgan fingerprint density at radius 1 is 1.19 bits per heavy atom. The van der Waals surface area contributed by atoms with E-state index >= 15 is 0 Å². The first kappa shape index (κ1) is 25.1. The van der Waals surface area contributed by atoms with Crippen molar-refractivity contribution in [1.29, 1.82) is 0 Å². The number of pyridine rings is 1. The number of nitrogens with zero attached hydrogens (tertiary/aromatic N) is 5. The molecule has 194 valence electrons. The number of benzene rings is 1. The number of halogens is 1. The van der Waals surface area contributed by atoms with Crippen molar-refractivity contribution in [1.82, 2.24) is 29.6 Å². The van der Waals surface area contributed by atoms with E-state index in [4.69, 9.17) is 4.98 Å². The summed E-state index contributed by atoms with van der Waals surface area (Å²) in [6.45, 7) is 13.2. The Morgan fingerprint density at radius 3 is 2.70 bits per heavy atom. The second kappa shape index (κ2) is 9.06. The van der Waals surface area contributed by atoms with Crippen LogP contribution in [0.2, 0.25) is 0 Å². The molecule has 3 aromatic heterocycles. The van der Waals surface area contributed by atoms with Gasteiger partial charge in [-0.2, -0.15) is 4.98 Å². The van der Waals surface area contributed by atoms with E-state index in [0.717, 1.165) is 18.8 Å². The van der Waals surface area contributed by atoms with Crippen molar-refractivity contribution in [3.05, 3.63) is 69.9 Å². The van der Waals surface area contributed by atoms with E-state index in [2.05, 4.69) is 46.6 Å². The molecule has 2 N–H and O–H groups in total. The topological polar surface area (TPSA) is 89.7 Å². The summed E-state index contributed by atoms with van der Waals surface area (Å²) in [6, 6.07) is 9.82. The van der Waals surface area contributed by atoms with E-state index < -0.39 is 12.1 Å². The zero-order valence-electron chi connectivity index (χ0n) is 22.3. The third-order valence-electron chi connectivity index (χ3n) is 7.10. The summed E-state index contributed by atoms with van der Waals surface area (Å²) < 4.78 is 17.2. The van der Waals surface area contributed by atoms with Crippen molar-refractivity contribution in [3.63, 3.8) is 0 Å². The molecule has 4 aromatic rings. The van der Waals surface area contributed by atoms with E-state index in [9.17, 15) is 9.18 Å². The molecular weight excluding hydrogens is 469 g/mol. The molecule has 0 bridgehead atoms. The highest BCUT2D eigenvalue weighted by Gasteiger charge is 2.27. The van der Waals surface area contributed by atoms with Gasteiger partial charge in [0.1, 0.15) is 12.1 Å². The normalized spacial score (nSPS) is 15.2. The lowest BCUT2D eigenvalue weighted by Gasteiger charge is -2.33. The predicted molar refractivity (Wildman–Crippen MR) is 145 cm³/mol. The van der Waals surface area contributed by atoms with Gasteiger partial charge in [-0.3, -0.25) is 14.2 Å². The van der Waals surface area contributed by atoms with Crippen LogP contribution in [0.4, 0.5) is 16.0 Å². The molecule has 4 heterocycles. The van der Waals surface area contributed by atoms with Crippen LogP contribution in [-0.2, 0) is 17.4 Å². The van der Waals surface area contributed by atoms with Crippen LogP contribution in [-0.4, -0.2) is 37.5 Å². The summed E-state index contributed by atoms with van der Waals surface area (Å²) in [7, 11) is 0. The van der Waals surface area contributed by atoms with Gasteiger partial charge in [-0.1, -0.05) is 33.8 Å². The zero-order chi connectivity index (χ0) is 26.5. The van der Waals surface area contributed by atoms with Gasteiger partial charge in [-0.05, 0) is 49.2 Å². The number of rotatable bonds is 6. The Kier molecular flexibility index (Phi) is 6.14. The van der Waals surface area contributed by atoms with Crippen LogP contribution < -0.4 is 16.2 Å². The molecule has 0 unspecified atom stereocenters. The molecule has 37 heavy (non-hydrogen) atoms. The van der Waals surface area contributed by atoms with Crippen LogP contribution in [0.15, 0.2) is 47.5 Å². The monoisotopic (exact) mass is 503 g/mol. The van der Waals surface area contributed by atoms with Gasteiger partial charge < -0.3 is 10.6 Å². The van der Waals surface area contributed by atoms with Gasteiger partial charge in [-0.25, -0.2) is 14.3 Å². The lowest BCUT2D eigenvalue weighted by Crippen LogP contribution is -2.38. The average Bonchev–Trinajstić information content (AvgIpc) is 3.15. The number of nitrogens with one attached hydrogen (secondary N) is 2. The Morgan fingerprint density at radius 2 is 1.97 bits per heavy atom. The second-order valence-corrected chi connectivity index (χ2v) is 11.4. The van der Waals surface area contributed by atoms with Gasteiger partial charge >= 0.3 is 0 Å². The highest BCUT2D eigenvalue weighted by molar-refractivity contribution is 5.77. The van der Waals surface area contributed by atoms with Crippen molar-refractivity contribution < 1.29 is 4.39 Å². The maximum Gasteiger partial charge on any atom is 0.278 e. The van der Waals surface area contributed by atoms with Crippen molar-refractivity contribution in [2.75, 3.05) is 18.5 Å². The molecule has 1 aliphatic rings. The molecule has 0 saturated heterocycles. The van der Waals surface area contributed by atoms with E-state index in [1.165, 1.54) is 11.1 Å². The maximum atomic E-state index is 13.7. The third-order valence-corrected chi connectivity index (χ3v) is 7.10. The highest BCUT2D eigenvalue weighted by atomic mass is 19.1. The number of hydrogen-bond donors (Lipinski definition) is 2. The smallest absolute Gasteiger partial charge is 0.278 e. The summed E-state index contributed by atoms with van der Waals surface area (Å²) in [6.07, 6.45) is 3.21. The van der Waals surface area contributed by atoms with E-state index in [1.54, 1.807) is 21.8 Å². The van der Waals surface area contributed by atoms with Crippen LogP contribution in [0.25, 0.3) is 16.7 Å². The second-order valence-electron chi connectivity index (χ2n) is 11.4. The molecule has 0 saturated carbocycles. The molecule has 8 nitrogen and oxygen atoms in total. The molecule has 0 aliphatic carbocycles. The molecule has 5 rings (SSSR count). The van der Waals surface area contributed by atoms with E-state index in [0.29, 0.717) is 28.4 Å². The molecule has 1 aromatic carbocycles. The first-order valence-electron chi connectivity index (χ1n) is 12.7. The van der Waals surface area contributed by atoms with Crippen molar-refractivity contribution in [3.8, 4) is 5.69 Å². The van der Waals surface area contributed by atoms with Crippen LogP contribution in [0.3, 0.4) is 0 Å². The fourth-order valence-corrected chi connectivity index (χ4v) is 4.98. The summed E-state index contributed by atoms with van der Waals surface area (Å²) in [4.78, 5) is 27.0. The minimum absolute atomic E-state index is 0.0669. The average molecular weight is 504 g/mol. The van der Waals surface area contributed by atoms with Crippen molar-refractivity contribution >= 4 is 22.7 Å². The first-order chi connectivity index (χ1) is 17.5. The number of fused-ring (bicyclic) bond motifs is 2. The summed E-state index contributed by atoms with van der Waals surface area (Å²) in [5, 5.41) is 7.22. The quantitative estimate of drug-likeness (QED) is 0.388. The minimum atomic E-state index is -0.751.